The van der Waals surface area contributed by atoms with E-state index in [2.05, 4.69) is 10.3 Å². The first-order chi connectivity index (χ1) is 11.2. The van der Waals surface area contributed by atoms with Crippen LogP contribution in [0.4, 0.5) is 5.82 Å². The molecule has 6 heteroatoms. The van der Waals surface area contributed by atoms with Gasteiger partial charge in [0.1, 0.15) is 5.82 Å². The molecule has 1 N–H and O–H groups in total. The summed E-state index contributed by atoms with van der Waals surface area (Å²) in [6, 6.07) is 10.8. The number of rotatable bonds is 8. The highest BCUT2D eigenvalue weighted by molar-refractivity contribution is 6.30. The molecule has 1 amide bonds. The van der Waals surface area contributed by atoms with Gasteiger partial charge in [0.25, 0.3) is 0 Å². The number of halogens is 1. The van der Waals surface area contributed by atoms with Crippen molar-refractivity contribution in [2.75, 3.05) is 18.5 Å². The highest BCUT2D eigenvalue weighted by Gasteiger charge is 2.06. The number of hydrogen-bond acceptors (Lipinski definition) is 4. The second kappa shape index (κ2) is 9.00. The number of nitrogens with zero attached hydrogens (tertiary/aromatic N) is 1. The topological polar surface area (TPSA) is 60.5 Å². The minimum Gasteiger partial charge on any atom is -0.490 e. The monoisotopic (exact) mass is 334 g/mol. The number of anilines is 1. The van der Waals surface area contributed by atoms with E-state index in [4.69, 9.17) is 21.1 Å². The normalized spacial score (nSPS) is 10.2. The first-order valence-electron chi connectivity index (χ1n) is 7.45. The minimum atomic E-state index is -0.110. The van der Waals surface area contributed by atoms with Crippen LogP contribution in [0.2, 0.25) is 5.02 Å². The Kier molecular flexibility index (Phi) is 6.69. The predicted octanol–water partition coefficient (Wildman–Crippen LogP) is 3.93. The molecule has 122 valence electrons. The van der Waals surface area contributed by atoms with Crippen LogP contribution in [0.5, 0.6) is 11.5 Å². The SMILES string of the molecule is CCOc1ccccc1OCCCC(=O)Nc1ccc(Cl)cn1. The summed E-state index contributed by atoms with van der Waals surface area (Å²) in [6.45, 7) is 2.94. The fourth-order valence-corrected chi connectivity index (χ4v) is 2.03. The van der Waals surface area contributed by atoms with E-state index in [1.165, 1.54) is 6.20 Å². The van der Waals surface area contributed by atoms with Gasteiger partial charge in [-0.2, -0.15) is 0 Å². The van der Waals surface area contributed by atoms with Gasteiger partial charge in [-0.3, -0.25) is 4.79 Å². The van der Waals surface area contributed by atoms with Crippen LogP contribution in [0.1, 0.15) is 19.8 Å². The molecule has 0 saturated carbocycles. The Hall–Kier alpha value is -2.27. The van der Waals surface area contributed by atoms with E-state index in [0.717, 1.165) is 0 Å². The zero-order valence-electron chi connectivity index (χ0n) is 12.9. The third-order valence-electron chi connectivity index (χ3n) is 2.95. The summed E-state index contributed by atoms with van der Waals surface area (Å²) in [5, 5.41) is 3.24. The molecule has 23 heavy (non-hydrogen) atoms. The third kappa shape index (κ3) is 5.79. The van der Waals surface area contributed by atoms with Crippen LogP contribution in [0.3, 0.4) is 0 Å². The van der Waals surface area contributed by atoms with E-state index in [1.54, 1.807) is 12.1 Å². The van der Waals surface area contributed by atoms with E-state index in [9.17, 15) is 4.79 Å². The molecule has 0 aliphatic carbocycles. The number of carbonyl (C=O) groups excluding carboxylic acids is 1. The van der Waals surface area contributed by atoms with E-state index in [-0.39, 0.29) is 5.91 Å². The molecule has 0 aliphatic rings. The maximum absolute atomic E-state index is 11.8. The number of para-hydroxylation sites is 2. The fourth-order valence-electron chi connectivity index (χ4n) is 1.91. The molecule has 0 fully saturated rings. The molecule has 1 heterocycles. The fraction of sp³-hybridized carbons (Fsp3) is 0.294. The van der Waals surface area contributed by atoms with Gasteiger partial charge < -0.3 is 14.8 Å². The number of pyridine rings is 1. The van der Waals surface area contributed by atoms with Gasteiger partial charge in [0.2, 0.25) is 5.91 Å². The molecule has 0 bridgehead atoms. The van der Waals surface area contributed by atoms with Crippen molar-refractivity contribution < 1.29 is 14.3 Å². The van der Waals surface area contributed by atoms with Crippen LogP contribution in [0.15, 0.2) is 42.6 Å². The van der Waals surface area contributed by atoms with Gasteiger partial charge in [0.15, 0.2) is 11.5 Å². The number of nitrogens with one attached hydrogen (secondary N) is 1. The zero-order valence-corrected chi connectivity index (χ0v) is 13.7. The molecule has 0 radical (unpaired) electrons. The number of carbonyl (C=O) groups is 1. The molecule has 2 rings (SSSR count). The minimum absolute atomic E-state index is 0.110. The lowest BCUT2D eigenvalue weighted by Crippen LogP contribution is -2.13. The lowest BCUT2D eigenvalue weighted by Gasteiger charge is -2.11. The van der Waals surface area contributed by atoms with Gasteiger partial charge in [0.05, 0.1) is 18.2 Å². The van der Waals surface area contributed by atoms with Crippen molar-refractivity contribution >= 4 is 23.3 Å². The Bertz CT molecular complexity index is 632. The van der Waals surface area contributed by atoms with Crippen LogP contribution in [-0.2, 0) is 4.79 Å². The van der Waals surface area contributed by atoms with Crippen molar-refractivity contribution in [3.63, 3.8) is 0 Å². The zero-order chi connectivity index (χ0) is 16.5. The van der Waals surface area contributed by atoms with Gasteiger partial charge in [-0.1, -0.05) is 23.7 Å². The largest absolute Gasteiger partial charge is 0.490 e. The Balaban J connectivity index is 1.73. The number of hydrogen-bond donors (Lipinski definition) is 1. The van der Waals surface area contributed by atoms with Crippen LogP contribution >= 0.6 is 11.6 Å². The molecule has 0 unspecified atom stereocenters. The standard InChI is InChI=1S/C17H19ClN2O3/c1-2-22-14-6-3-4-7-15(14)23-11-5-8-17(21)20-16-10-9-13(18)12-19-16/h3-4,6-7,9-10,12H,2,5,8,11H2,1H3,(H,19,20,21). The third-order valence-corrected chi connectivity index (χ3v) is 3.17. The Morgan fingerprint density at radius 2 is 1.91 bits per heavy atom. The van der Waals surface area contributed by atoms with Crippen LogP contribution in [0, 0.1) is 0 Å². The van der Waals surface area contributed by atoms with E-state index >= 15 is 0 Å². The van der Waals surface area contributed by atoms with E-state index < -0.39 is 0 Å². The Morgan fingerprint density at radius 3 is 2.57 bits per heavy atom. The molecule has 1 aromatic carbocycles. The van der Waals surface area contributed by atoms with Crippen molar-refractivity contribution in [2.24, 2.45) is 0 Å². The van der Waals surface area contributed by atoms with Crippen LogP contribution in [-0.4, -0.2) is 24.1 Å². The summed E-state index contributed by atoms with van der Waals surface area (Å²) in [5.74, 6) is 1.78. The highest BCUT2D eigenvalue weighted by Crippen LogP contribution is 2.26. The quantitative estimate of drug-likeness (QED) is 0.743. The summed E-state index contributed by atoms with van der Waals surface area (Å²) in [4.78, 5) is 15.8. The van der Waals surface area contributed by atoms with Crippen molar-refractivity contribution in [2.45, 2.75) is 19.8 Å². The Labute approximate surface area is 140 Å². The molecule has 0 aliphatic heterocycles. The summed E-state index contributed by atoms with van der Waals surface area (Å²) in [7, 11) is 0. The van der Waals surface area contributed by atoms with E-state index in [1.807, 2.05) is 31.2 Å². The summed E-state index contributed by atoms with van der Waals surface area (Å²) in [6.07, 6.45) is 2.44. The van der Waals surface area contributed by atoms with Crippen LogP contribution < -0.4 is 14.8 Å². The molecular formula is C17H19ClN2O3. The predicted molar refractivity (Wildman–Crippen MR) is 90.2 cm³/mol. The molecule has 0 atom stereocenters. The average Bonchev–Trinajstić information content (AvgIpc) is 2.55. The number of amides is 1. The number of benzene rings is 1. The van der Waals surface area contributed by atoms with Gasteiger partial charge in [-0.05, 0) is 37.6 Å². The molecule has 1 aromatic heterocycles. The lowest BCUT2D eigenvalue weighted by atomic mass is 10.3. The second-order valence-corrected chi connectivity index (χ2v) is 5.18. The van der Waals surface area contributed by atoms with Crippen LogP contribution in [0.25, 0.3) is 0 Å². The second-order valence-electron chi connectivity index (χ2n) is 4.74. The highest BCUT2D eigenvalue weighted by atomic mass is 35.5. The summed E-state index contributed by atoms with van der Waals surface area (Å²) in [5.41, 5.74) is 0. The molecule has 0 saturated heterocycles. The Morgan fingerprint density at radius 1 is 1.17 bits per heavy atom. The lowest BCUT2D eigenvalue weighted by molar-refractivity contribution is -0.116. The number of ether oxygens (including phenoxy) is 2. The smallest absolute Gasteiger partial charge is 0.225 e. The van der Waals surface area contributed by atoms with Gasteiger partial charge in [-0.15, -0.1) is 0 Å². The number of aromatic nitrogens is 1. The van der Waals surface area contributed by atoms with E-state index in [0.29, 0.717) is 48.4 Å². The summed E-state index contributed by atoms with van der Waals surface area (Å²) < 4.78 is 11.1. The average molecular weight is 335 g/mol. The maximum atomic E-state index is 11.8. The van der Waals surface area contributed by atoms with Gasteiger partial charge in [0, 0.05) is 12.6 Å². The maximum Gasteiger partial charge on any atom is 0.225 e. The first-order valence-corrected chi connectivity index (χ1v) is 7.83. The summed E-state index contributed by atoms with van der Waals surface area (Å²) >= 11 is 5.74. The van der Waals surface area contributed by atoms with Gasteiger partial charge in [-0.25, -0.2) is 4.98 Å². The van der Waals surface area contributed by atoms with Crippen molar-refractivity contribution in [3.8, 4) is 11.5 Å². The van der Waals surface area contributed by atoms with Crippen molar-refractivity contribution in [1.82, 2.24) is 4.98 Å². The first kappa shape index (κ1) is 17.1. The molecule has 2 aromatic rings. The molecule has 5 nitrogen and oxygen atoms in total. The molecule has 0 spiro atoms. The van der Waals surface area contributed by atoms with Crippen molar-refractivity contribution in [3.05, 3.63) is 47.6 Å². The van der Waals surface area contributed by atoms with Gasteiger partial charge >= 0.3 is 0 Å². The van der Waals surface area contributed by atoms with Crippen molar-refractivity contribution in [1.29, 1.82) is 0 Å². The molecular weight excluding hydrogens is 316 g/mol.